The molecule has 4 rings (SSSR count). The summed E-state index contributed by atoms with van der Waals surface area (Å²) in [5.74, 6) is 0.884. The van der Waals surface area contributed by atoms with Crippen LogP contribution in [-0.4, -0.2) is 14.4 Å². The van der Waals surface area contributed by atoms with Gasteiger partial charge in [-0.15, -0.1) is 0 Å². The highest BCUT2D eigenvalue weighted by atomic mass is 35.5. The smallest absolute Gasteiger partial charge is 0.144 e. The first-order valence-corrected chi connectivity index (χ1v) is 8.01. The predicted molar refractivity (Wildman–Crippen MR) is 97.9 cm³/mol. The maximum absolute atomic E-state index is 5.98. The minimum absolute atomic E-state index is 0.708. The first kappa shape index (κ1) is 14.7. The summed E-state index contributed by atoms with van der Waals surface area (Å²) in [5.41, 5.74) is 4.62. The number of imidazole rings is 1. The van der Waals surface area contributed by atoms with Crippen LogP contribution >= 0.6 is 11.6 Å². The van der Waals surface area contributed by atoms with Crippen LogP contribution in [0.2, 0.25) is 5.02 Å². The van der Waals surface area contributed by atoms with Crippen LogP contribution in [0, 0.1) is 6.92 Å². The van der Waals surface area contributed by atoms with Crippen LogP contribution in [0.4, 0.5) is 11.5 Å². The van der Waals surface area contributed by atoms with Gasteiger partial charge in [0.05, 0.1) is 5.69 Å². The number of pyridine rings is 2. The standard InChI is InChI=1S/C19H15ClN4/c1-13-5-10-17-23-18(16-4-2-3-11-21-16)19(24(17)12-13)22-15-8-6-14(20)7-9-15/h2-12,22H,1H3. The molecule has 0 aliphatic carbocycles. The molecule has 0 atom stereocenters. The summed E-state index contributed by atoms with van der Waals surface area (Å²) in [6.45, 7) is 2.06. The minimum Gasteiger partial charge on any atom is -0.339 e. The Morgan fingerprint density at radius 3 is 2.58 bits per heavy atom. The topological polar surface area (TPSA) is 42.2 Å². The molecule has 1 aromatic carbocycles. The van der Waals surface area contributed by atoms with Gasteiger partial charge in [0, 0.05) is 23.1 Å². The monoisotopic (exact) mass is 334 g/mol. The van der Waals surface area contributed by atoms with Crippen molar-refractivity contribution in [2.24, 2.45) is 0 Å². The average Bonchev–Trinajstić information content (AvgIpc) is 2.95. The van der Waals surface area contributed by atoms with Crippen molar-refractivity contribution in [3.63, 3.8) is 0 Å². The third kappa shape index (κ3) is 2.72. The SMILES string of the molecule is Cc1ccc2nc(-c3ccccn3)c(Nc3ccc(Cl)cc3)n2c1. The van der Waals surface area contributed by atoms with Crippen LogP contribution in [0.5, 0.6) is 0 Å². The summed E-state index contributed by atoms with van der Waals surface area (Å²) >= 11 is 5.98. The molecule has 3 aromatic heterocycles. The molecule has 0 fully saturated rings. The molecule has 0 aliphatic heterocycles. The molecular weight excluding hydrogens is 320 g/mol. The van der Waals surface area contributed by atoms with Crippen LogP contribution in [0.15, 0.2) is 67.0 Å². The van der Waals surface area contributed by atoms with Gasteiger partial charge < -0.3 is 5.32 Å². The van der Waals surface area contributed by atoms with E-state index in [1.54, 1.807) is 6.20 Å². The molecule has 24 heavy (non-hydrogen) atoms. The Morgan fingerprint density at radius 1 is 1.00 bits per heavy atom. The number of nitrogens with zero attached hydrogens (tertiary/aromatic N) is 3. The van der Waals surface area contributed by atoms with Crippen molar-refractivity contribution in [1.29, 1.82) is 0 Å². The zero-order valence-electron chi connectivity index (χ0n) is 13.1. The van der Waals surface area contributed by atoms with E-state index >= 15 is 0 Å². The third-order valence-corrected chi connectivity index (χ3v) is 4.03. The van der Waals surface area contributed by atoms with Crippen molar-refractivity contribution >= 4 is 28.8 Å². The van der Waals surface area contributed by atoms with E-state index < -0.39 is 0 Å². The van der Waals surface area contributed by atoms with E-state index in [9.17, 15) is 0 Å². The fraction of sp³-hybridized carbons (Fsp3) is 0.0526. The minimum atomic E-state index is 0.708. The summed E-state index contributed by atoms with van der Waals surface area (Å²) in [6.07, 6.45) is 3.84. The maximum atomic E-state index is 5.98. The van der Waals surface area contributed by atoms with E-state index in [4.69, 9.17) is 16.6 Å². The largest absolute Gasteiger partial charge is 0.339 e. The lowest BCUT2D eigenvalue weighted by Crippen LogP contribution is -1.97. The van der Waals surface area contributed by atoms with Gasteiger partial charge >= 0.3 is 0 Å². The molecule has 0 bridgehead atoms. The van der Waals surface area contributed by atoms with Crippen molar-refractivity contribution in [3.05, 3.63) is 77.6 Å². The molecule has 5 heteroatoms. The number of anilines is 2. The summed E-state index contributed by atoms with van der Waals surface area (Å²) in [4.78, 5) is 9.20. The molecule has 1 N–H and O–H groups in total. The zero-order chi connectivity index (χ0) is 16.5. The molecule has 118 valence electrons. The highest BCUT2D eigenvalue weighted by Crippen LogP contribution is 2.30. The van der Waals surface area contributed by atoms with Crippen molar-refractivity contribution < 1.29 is 0 Å². The number of aromatic nitrogens is 3. The molecule has 0 radical (unpaired) electrons. The summed E-state index contributed by atoms with van der Waals surface area (Å²) in [6, 6.07) is 17.5. The van der Waals surface area contributed by atoms with Gasteiger partial charge in [0.15, 0.2) is 0 Å². The van der Waals surface area contributed by atoms with E-state index in [1.807, 2.05) is 52.9 Å². The normalized spacial score (nSPS) is 10.9. The van der Waals surface area contributed by atoms with Crippen molar-refractivity contribution in [1.82, 2.24) is 14.4 Å². The molecule has 4 aromatic rings. The van der Waals surface area contributed by atoms with Gasteiger partial charge in [0.25, 0.3) is 0 Å². The van der Waals surface area contributed by atoms with Gasteiger partial charge in [-0.05, 0) is 55.0 Å². The fourth-order valence-electron chi connectivity index (χ4n) is 2.62. The molecule has 0 aliphatic rings. The Kier molecular flexibility index (Phi) is 3.67. The van der Waals surface area contributed by atoms with Crippen LogP contribution in [0.1, 0.15) is 5.56 Å². The third-order valence-electron chi connectivity index (χ3n) is 3.78. The number of benzene rings is 1. The maximum Gasteiger partial charge on any atom is 0.144 e. The first-order valence-electron chi connectivity index (χ1n) is 7.63. The highest BCUT2D eigenvalue weighted by Gasteiger charge is 2.15. The molecule has 0 saturated heterocycles. The fourth-order valence-corrected chi connectivity index (χ4v) is 2.75. The summed E-state index contributed by atoms with van der Waals surface area (Å²) < 4.78 is 2.05. The molecule has 0 unspecified atom stereocenters. The van der Waals surface area contributed by atoms with Gasteiger partial charge in [-0.3, -0.25) is 9.38 Å². The van der Waals surface area contributed by atoms with E-state index in [-0.39, 0.29) is 0 Å². The lowest BCUT2D eigenvalue weighted by Gasteiger charge is -2.09. The number of nitrogens with one attached hydrogen (secondary N) is 1. The van der Waals surface area contributed by atoms with Gasteiger partial charge in [-0.25, -0.2) is 4.98 Å². The second-order valence-corrected chi connectivity index (χ2v) is 6.03. The Morgan fingerprint density at radius 2 is 1.83 bits per heavy atom. The van der Waals surface area contributed by atoms with Crippen LogP contribution in [0.3, 0.4) is 0 Å². The average molecular weight is 335 g/mol. The number of fused-ring (bicyclic) bond motifs is 1. The number of rotatable bonds is 3. The second kappa shape index (κ2) is 5.98. The number of aryl methyl sites for hydroxylation is 1. The Bertz CT molecular complexity index is 991. The first-order chi connectivity index (χ1) is 11.7. The van der Waals surface area contributed by atoms with Crippen LogP contribution in [-0.2, 0) is 0 Å². The Labute approximate surface area is 144 Å². The molecule has 0 amide bonds. The lowest BCUT2D eigenvalue weighted by molar-refractivity contribution is 1.16. The summed E-state index contributed by atoms with van der Waals surface area (Å²) in [7, 11) is 0. The molecule has 4 nitrogen and oxygen atoms in total. The second-order valence-electron chi connectivity index (χ2n) is 5.59. The van der Waals surface area contributed by atoms with E-state index in [2.05, 4.69) is 29.5 Å². The number of hydrogen-bond acceptors (Lipinski definition) is 3. The van der Waals surface area contributed by atoms with Crippen molar-refractivity contribution in [3.8, 4) is 11.4 Å². The number of halogens is 1. The Balaban J connectivity index is 1.90. The van der Waals surface area contributed by atoms with Crippen molar-refractivity contribution in [2.75, 3.05) is 5.32 Å². The van der Waals surface area contributed by atoms with Gasteiger partial charge in [-0.1, -0.05) is 23.7 Å². The Hall–Kier alpha value is -2.85. The van der Waals surface area contributed by atoms with Crippen LogP contribution < -0.4 is 5.32 Å². The van der Waals surface area contributed by atoms with Crippen LogP contribution in [0.25, 0.3) is 17.0 Å². The molecule has 0 spiro atoms. The highest BCUT2D eigenvalue weighted by molar-refractivity contribution is 6.30. The predicted octanol–water partition coefficient (Wildman–Crippen LogP) is 5.10. The van der Waals surface area contributed by atoms with Crippen molar-refractivity contribution in [2.45, 2.75) is 6.92 Å². The quantitative estimate of drug-likeness (QED) is 0.566. The van der Waals surface area contributed by atoms with E-state index in [1.165, 1.54) is 0 Å². The van der Waals surface area contributed by atoms with Gasteiger partial charge in [0.2, 0.25) is 0 Å². The lowest BCUT2D eigenvalue weighted by atomic mass is 10.2. The zero-order valence-corrected chi connectivity index (χ0v) is 13.8. The van der Waals surface area contributed by atoms with E-state index in [0.29, 0.717) is 5.02 Å². The summed E-state index contributed by atoms with van der Waals surface area (Å²) in [5, 5.41) is 4.16. The molecule has 0 saturated carbocycles. The molecule has 3 heterocycles. The van der Waals surface area contributed by atoms with Gasteiger partial charge in [0.1, 0.15) is 17.2 Å². The molecular formula is C19H15ClN4. The van der Waals surface area contributed by atoms with Gasteiger partial charge in [-0.2, -0.15) is 0 Å². The van der Waals surface area contributed by atoms with E-state index in [0.717, 1.165) is 34.1 Å². The number of hydrogen-bond donors (Lipinski definition) is 1.